The molecule has 3 aromatic rings. The van der Waals surface area contributed by atoms with Gasteiger partial charge in [-0.2, -0.15) is 0 Å². The van der Waals surface area contributed by atoms with Crippen LogP contribution < -0.4 is 5.32 Å². The number of hydrogen-bond donors (Lipinski definition) is 1. The fourth-order valence-electron chi connectivity index (χ4n) is 2.05. The molecule has 2 aromatic carbocycles. The van der Waals surface area contributed by atoms with Crippen LogP contribution in [0.4, 0.5) is 11.4 Å². The zero-order chi connectivity index (χ0) is 19.6. The van der Waals surface area contributed by atoms with Crippen molar-refractivity contribution >= 4 is 28.6 Å². The second-order valence-electron chi connectivity index (χ2n) is 5.13. The summed E-state index contributed by atoms with van der Waals surface area (Å²) < 4.78 is 0. The largest absolute Gasteiger partial charge is 0.347 e. The number of carbonyl (C=O) groups is 1. The molecule has 1 N–H and O–H groups in total. The van der Waals surface area contributed by atoms with Crippen molar-refractivity contribution < 1.29 is 14.6 Å². The Morgan fingerprint density at radius 3 is 1.89 bits per heavy atom. The fourth-order valence-corrected chi connectivity index (χ4v) is 2.69. The number of carbonyl (C=O) groups excluding carboxylic acids is 1. The number of nitro groups is 2. The van der Waals surface area contributed by atoms with Crippen LogP contribution >= 0.6 is 11.3 Å². The third kappa shape index (κ3) is 6.01. The summed E-state index contributed by atoms with van der Waals surface area (Å²) in [6.07, 6.45) is 0. The van der Waals surface area contributed by atoms with Crippen LogP contribution in [0.25, 0.3) is 0 Å². The molecule has 3 rings (SSSR count). The van der Waals surface area contributed by atoms with Crippen LogP contribution in [0.2, 0.25) is 0 Å². The van der Waals surface area contributed by atoms with Gasteiger partial charge in [-0.25, -0.2) is 0 Å². The van der Waals surface area contributed by atoms with E-state index in [1.54, 1.807) is 11.3 Å². The maximum absolute atomic E-state index is 11.6. The number of nitrogens with one attached hydrogen (secondary N) is 1. The smallest absolute Gasteiger partial charge is 0.346 e. The Bertz CT molecular complexity index is 881. The molecule has 0 aliphatic rings. The Hall–Kier alpha value is -3.59. The van der Waals surface area contributed by atoms with Crippen molar-refractivity contribution in [3.05, 3.63) is 103 Å². The van der Waals surface area contributed by atoms with E-state index in [4.69, 9.17) is 0 Å². The molecule has 138 valence electrons. The Balaban J connectivity index is 0.000000199. The van der Waals surface area contributed by atoms with Crippen LogP contribution in [-0.4, -0.2) is 15.8 Å². The number of thiophene rings is 1. The molecule has 8 nitrogen and oxygen atoms in total. The van der Waals surface area contributed by atoms with Gasteiger partial charge < -0.3 is 5.32 Å². The molecule has 0 aliphatic heterocycles. The van der Waals surface area contributed by atoms with E-state index in [1.165, 1.54) is 17.0 Å². The zero-order valence-electron chi connectivity index (χ0n) is 14.0. The van der Waals surface area contributed by atoms with Gasteiger partial charge in [0.15, 0.2) is 0 Å². The van der Waals surface area contributed by atoms with E-state index in [0.29, 0.717) is 12.1 Å². The molecule has 0 saturated heterocycles. The summed E-state index contributed by atoms with van der Waals surface area (Å²) in [6.45, 7) is 0.603. The molecule has 0 bridgehead atoms. The summed E-state index contributed by atoms with van der Waals surface area (Å²) in [5.41, 5.74) is -0.265. The topological polar surface area (TPSA) is 115 Å². The highest BCUT2D eigenvalue weighted by Crippen LogP contribution is 2.24. The van der Waals surface area contributed by atoms with Gasteiger partial charge in [0.2, 0.25) is 0 Å². The van der Waals surface area contributed by atoms with Gasteiger partial charge in [-0.1, -0.05) is 36.4 Å². The number of hydrogen-bond acceptors (Lipinski definition) is 6. The number of benzene rings is 2. The van der Waals surface area contributed by atoms with E-state index in [2.05, 4.69) is 5.32 Å². The standard InChI is InChI=1S/C12H11NOS.C6H4N2O4/c14-12(10-5-2-1-3-6-10)13-9-11-7-4-8-15-11;9-7(10)5-3-1-2-4-6(5)8(11)12/h1-8H,9H2,(H,13,14);1-4H. The Kier molecular flexibility index (Phi) is 7.15. The Morgan fingerprint density at radius 1 is 0.852 bits per heavy atom. The minimum atomic E-state index is -0.780. The SMILES string of the molecule is O=C(NCc1cccs1)c1ccccc1.O=[N+]([O-])c1ccccc1[N+](=O)[O-]. The van der Waals surface area contributed by atoms with E-state index in [9.17, 15) is 25.0 Å². The number of nitrogens with zero attached hydrogens (tertiary/aromatic N) is 2. The summed E-state index contributed by atoms with van der Waals surface area (Å²) in [6, 6.07) is 18.2. The second-order valence-corrected chi connectivity index (χ2v) is 6.16. The molecule has 1 aromatic heterocycles. The molecule has 9 heteroatoms. The van der Waals surface area contributed by atoms with Crippen LogP contribution in [0, 0.1) is 20.2 Å². The maximum Gasteiger partial charge on any atom is 0.346 e. The second kappa shape index (κ2) is 9.78. The van der Waals surface area contributed by atoms with E-state index in [-0.39, 0.29) is 5.91 Å². The van der Waals surface area contributed by atoms with Crippen LogP contribution in [0.5, 0.6) is 0 Å². The van der Waals surface area contributed by atoms with Crippen LogP contribution in [0.3, 0.4) is 0 Å². The molecule has 0 fully saturated rings. The van der Waals surface area contributed by atoms with Crippen LogP contribution in [-0.2, 0) is 6.54 Å². The predicted molar refractivity (Wildman–Crippen MR) is 102 cm³/mol. The lowest BCUT2D eigenvalue weighted by Crippen LogP contribution is -2.22. The molecule has 0 atom stereocenters. The van der Waals surface area contributed by atoms with Crippen molar-refractivity contribution in [1.82, 2.24) is 5.32 Å². The number of amides is 1. The summed E-state index contributed by atoms with van der Waals surface area (Å²) >= 11 is 1.65. The minimum Gasteiger partial charge on any atom is -0.347 e. The highest BCUT2D eigenvalue weighted by molar-refractivity contribution is 7.09. The van der Waals surface area contributed by atoms with E-state index < -0.39 is 21.2 Å². The first kappa shape index (κ1) is 19.7. The average molecular weight is 385 g/mol. The first-order valence-corrected chi connectivity index (χ1v) is 8.60. The molecule has 0 saturated carbocycles. The summed E-state index contributed by atoms with van der Waals surface area (Å²) in [5.74, 6) is -0.0241. The van der Waals surface area contributed by atoms with Crippen molar-refractivity contribution in [2.75, 3.05) is 0 Å². The van der Waals surface area contributed by atoms with Crippen molar-refractivity contribution in [3.63, 3.8) is 0 Å². The highest BCUT2D eigenvalue weighted by Gasteiger charge is 2.21. The molecule has 1 heterocycles. The van der Waals surface area contributed by atoms with Gasteiger partial charge in [0.25, 0.3) is 5.91 Å². The van der Waals surface area contributed by atoms with Gasteiger partial charge in [0.05, 0.1) is 16.4 Å². The highest BCUT2D eigenvalue weighted by atomic mass is 32.1. The quantitative estimate of drug-likeness (QED) is 0.522. The van der Waals surface area contributed by atoms with Gasteiger partial charge >= 0.3 is 11.4 Å². The van der Waals surface area contributed by atoms with E-state index in [0.717, 1.165) is 12.1 Å². The van der Waals surface area contributed by atoms with Crippen LogP contribution in [0.15, 0.2) is 72.1 Å². The fraction of sp³-hybridized carbons (Fsp3) is 0.0556. The first-order valence-electron chi connectivity index (χ1n) is 7.72. The van der Waals surface area contributed by atoms with E-state index in [1.807, 2.05) is 47.8 Å². The van der Waals surface area contributed by atoms with Gasteiger partial charge in [-0.15, -0.1) is 11.3 Å². The monoisotopic (exact) mass is 385 g/mol. The third-order valence-corrected chi connectivity index (χ3v) is 4.19. The van der Waals surface area contributed by atoms with Crippen molar-refractivity contribution in [2.24, 2.45) is 0 Å². The van der Waals surface area contributed by atoms with Crippen molar-refractivity contribution in [1.29, 1.82) is 0 Å². The van der Waals surface area contributed by atoms with Gasteiger partial charge in [-0.05, 0) is 23.6 Å². The number of nitro benzene ring substituents is 2. The van der Waals surface area contributed by atoms with E-state index >= 15 is 0 Å². The molecule has 0 spiro atoms. The molecular formula is C18H15N3O5S. The van der Waals surface area contributed by atoms with Crippen molar-refractivity contribution in [3.8, 4) is 0 Å². The normalized spacial score (nSPS) is 9.63. The summed E-state index contributed by atoms with van der Waals surface area (Å²) in [5, 5.41) is 25.3. The van der Waals surface area contributed by atoms with Crippen molar-refractivity contribution in [2.45, 2.75) is 6.54 Å². The lowest BCUT2D eigenvalue weighted by Gasteiger charge is -2.02. The maximum atomic E-state index is 11.6. The average Bonchev–Trinajstić information content (AvgIpc) is 3.21. The summed E-state index contributed by atoms with van der Waals surface area (Å²) in [4.78, 5) is 31.7. The van der Waals surface area contributed by atoms with Gasteiger partial charge in [0.1, 0.15) is 0 Å². The molecule has 0 aliphatic carbocycles. The molecule has 1 amide bonds. The number of para-hydroxylation sites is 2. The summed E-state index contributed by atoms with van der Waals surface area (Å²) in [7, 11) is 0. The Morgan fingerprint density at radius 2 is 1.41 bits per heavy atom. The molecule has 0 unspecified atom stereocenters. The van der Waals surface area contributed by atoms with Gasteiger partial charge in [0, 0.05) is 22.6 Å². The van der Waals surface area contributed by atoms with Crippen LogP contribution in [0.1, 0.15) is 15.2 Å². The zero-order valence-corrected chi connectivity index (χ0v) is 14.8. The minimum absolute atomic E-state index is 0.0241. The predicted octanol–water partition coefficient (Wildman–Crippen LogP) is 4.18. The molecule has 0 radical (unpaired) electrons. The molecular weight excluding hydrogens is 370 g/mol. The van der Waals surface area contributed by atoms with Gasteiger partial charge in [-0.3, -0.25) is 25.0 Å². The number of rotatable bonds is 5. The lowest BCUT2D eigenvalue weighted by atomic mass is 10.2. The Labute approximate surface area is 158 Å². The lowest BCUT2D eigenvalue weighted by molar-refractivity contribution is -0.422. The molecule has 27 heavy (non-hydrogen) atoms. The first-order chi connectivity index (χ1) is 13.0. The third-order valence-electron chi connectivity index (χ3n) is 3.31.